The zero-order valence-corrected chi connectivity index (χ0v) is 15.0. The van der Waals surface area contributed by atoms with Crippen LogP contribution in [-0.4, -0.2) is 21.9 Å². The Labute approximate surface area is 153 Å². The lowest BCUT2D eigenvalue weighted by atomic mass is 10.0. The molecule has 0 atom stereocenters. The Morgan fingerprint density at radius 1 is 1.04 bits per heavy atom. The van der Waals surface area contributed by atoms with E-state index in [0.29, 0.717) is 9.47 Å². The molecule has 1 amide bonds. The molecule has 5 nitrogen and oxygen atoms in total. The summed E-state index contributed by atoms with van der Waals surface area (Å²) in [5, 5.41) is 8.19. The van der Waals surface area contributed by atoms with Gasteiger partial charge in [-0.25, -0.2) is 0 Å². The average Bonchev–Trinajstić information content (AvgIpc) is 2.97. The largest absolute Gasteiger partial charge is 0.374 e. The molecule has 1 aliphatic heterocycles. The summed E-state index contributed by atoms with van der Waals surface area (Å²) in [6, 6.07) is 16.2. The molecular formula is C18H16N4OS2. The maximum Gasteiger partial charge on any atom is 0.242 e. The van der Waals surface area contributed by atoms with Gasteiger partial charge >= 0.3 is 0 Å². The summed E-state index contributed by atoms with van der Waals surface area (Å²) >= 11 is 2.67. The number of nitrogens with zero attached hydrogens (tertiary/aromatic N) is 3. The number of hydrogen-bond donors (Lipinski definition) is 1. The highest BCUT2D eigenvalue weighted by Gasteiger charge is 2.25. The topological polar surface area (TPSA) is 72.1 Å². The van der Waals surface area contributed by atoms with E-state index in [0.717, 1.165) is 24.2 Å². The molecule has 1 aliphatic rings. The summed E-state index contributed by atoms with van der Waals surface area (Å²) in [7, 11) is 0. The number of hydrogen-bond acceptors (Lipinski definition) is 6. The molecule has 0 bridgehead atoms. The van der Waals surface area contributed by atoms with Crippen molar-refractivity contribution in [3.05, 3.63) is 59.7 Å². The quantitative estimate of drug-likeness (QED) is 0.714. The molecule has 2 aromatic carbocycles. The van der Waals surface area contributed by atoms with Gasteiger partial charge in [-0.2, -0.15) is 0 Å². The number of amides is 1. The molecule has 126 valence electrons. The molecule has 3 aromatic rings. The van der Waals surface area contributed by atoms with Crippen molar-refractivity contribution in [1.82, 2.24) is 10.2 Å². The van der Waals surface area contributed by atoms with Crippen molar-refractivity contribution in [2.45, 2.75) is 17.2 Å². The molecular weight excluding hydrogens is 352 g/mol. The Hall–Kier alpha value is -2.38. The molecule has 0 fully saturated rings. The van der Waals surface area contributed by atoms with E-state index in [1.807, 2.05) is 41.3 Å². The number of nitrogen functional groups attached to an aromatic ring is 1. The third-order valence-corrected chi connectivity index (χ3v) is 5.99. The monoisotopic (exact) mass is 368 g/mol. The van der Waals surface area contributed by atoms with Crippen molar-refractivity contribution in [2.75, 3.05) is 16.4 Å². The normalized spacial score (nSPS) is 13.0. The van der Waals surface area contributed by atoms with Gasteiger partial charge in [0.15, 0.2) is 4.34 Å². The van der Waals surface area contributed by atoms with E-state index in [1.165, 1.54) is 34.2 Å². The molecule has 0 spiro atoms. The zero-order chi connectivity index (χ0) is 17.2. The SMILES string of the molecule is Nc1nnc(SCC(=O)N2c3ccccc3CCc3ccccc32)s1. The summed E-state index contributed by atoms with van der Waals surface area (Å²) in [5.41, 5.74) is 9.93. The molecule has 2 N–H and O–H groups in total. The van der Waals surface area contributed by atoms with E-state index in [-0.39, 0.29) is 11.7 Å². The molecule has 25 heavy (non-hydrogen) atoms. The van der Waals surface area contributed by atoms with Crippen LogP contribution in [0.4, 0.5) is 16.5 Å². The number of anilines is 3. The van der Waals surface area contributed by atoms with Crippen LogP contribution in [-0.2, 0) is 17.6 Å². The maximum absolute atomic E-state index is 13.1. The van der Waals surface area contributed by atoms with Gasteiger partial charge in [-0.3, -0.25) is 9.69 Å². The molecule has 0 saturated heterocycles. The first-order valence-corrected chi connectivity index (χ1v) is 9.73. The van der Waals surface area contributed by atoms with Crippen LogP contribution in [0.3, 0.4) is 0 Å². The lowest BCUT2D eigenvalue weighted by Gasteiger charge is -2.24. The number of aromatic nitrogens is 2. The van der Waals surface area contributed by atoms with Crippen molar-refractivity contribution in [1.29, 1.82) is 0 Å². The van der Waals surface area contributed by atoms with E-state index in [2.05, 4.69) is 22.3 Å². The maximum atomic E-state index is 13.1. The molecule has 4 rings (SSSR count). The van der Waals surface area contributed by atoms with Crippen molar-refractivity contribution < 1.29 is 4.79 Å². The van der Waals surface area contributed by atoms with Crippen LogP contribution in [0.2, 0.25) is 0 Å². The van der Waals surface area contributed by atoms with Gasteiger partial charge in [0.1, 0.15) is 0 Å². The Morgan fingerprint density at radius 2 is 1.64 bits per heavy atom. The lowest BCUT2D eigenvalue weighted by Crippen LogP contribution is -2.28. The third kappa shape index (κ3) is 3.25. The molecule has 7 heteroatoms. The Kier molecular flexibility index (Phi) is 4.42. The summed E-state index contributed by atoms with van der Waals surface area (Å²) in [6.07, 6.45) is 1.86. The highest BCUT2D eigenvalue weighted by Crippen LogP contribution is 2.37. The minimum atomic E-state index is 0.0283. The second-order valence-electron chi connectivity index (χ2n) is 5.68. The average molecular weight is 368 g/mol. The Bertz CT molecular complexity index is 877. The number of thioether (sulfide) groups is 1. The fourth-order valence-corrected chi connectivity index (χ4v) is 4.50. The van der Waals surface area contributed by atoms with Gasteiger partial charge in [0.05, 0.1) is 17.1 Å². The molecule has 0 aliphatic carbocycles. The third-order valence-electron chi connectivity index (χ3n) is 4.12. The summed E-state index contributed by atoms with van der Waals surface area (Å²) < 4.78 is 0.710. The van der Waals surface area contributed by atoms with E-state index < -0.39 is 0 Å². The van der Waals surface area contributed by atoms with Gasteiger partial charge in [-0.15, -0.1) is 10.2 Å². The van der Waals surface area contributed by atoms with Crippen molar-refractivity contribution in [3.8, 4) is 0 Å². The van der Waals surface area contributed by atoms with Gasteiger partial charge in [0.2, 0.25) is 11.0 Å². The lowest BCUT2D eigenvalue weighted by molar-refractivity contribution is -0.115. The number of para-hydroxylation sites is 2. The number of nitrogens with two attached hydrogens (primary N) is 1. The minimum Gasteiger partial charge on any atom is -0.374 e. The van der Waals surface area contributed by atoms with E-state index in [9.17, 15) is 4.79 Å². The highest BCUT2D eigenvalue weighted by atomic mass is 32.2. The van der Waals surface area contributed by atoms with Crippen LogP contribution in [0.5, 0.6) is 0 Å². The number of rotatable bonds is 3. The Balaban J connectivity index is 1.68. The molecule has 2 heterocycles. The van der Waals surface area contributed by atoms with Crippen molar-refractivity contribution in [2.24, 2.45) is 0 Å². The van der Waals surface area contributed by atoms with Gasteiger partial charge < -0.3 is 5.73 Å². The van der Waals surface area contributed by atoms with E-state index in [4.69, 9.17) is 5.73 Å². The van der Waals surface area contributed by atoms with Crippen LogP contribution in [0, 0.1) is 0 Å². The van der Waals surface area contributed by atoms with Gasteiger partial charge in [-0.1, -0.05) is 59.5 Å². The second-order valence-corrected chi connectivity index (χ2v) is 7.91. The molecule has 0 saturated carbocycles. The first-order valence-electron chi connectivity index (χ1n) is 7.93. The number of fused-ring (bicyclic) bond motifs is 2. The number of benzene rings is 2. The van der Waals surface area contributed by atoms with Gasteiger partial charge in [0, 0.05) is 0 Å². The van der Waals surface area contributed by atoms with Crippen LogP contribution in [0.15, 0.2) is 52.9 Å². The molecule has 0 unspecified atom stereocenters. The number of carbonyl (C=O) groups is 1. The van der Waals surface area contributed by atoms with Crippen molar-refractivity contribution >= 4 is 45.5 Å². The first-order chi connectivity index (χ1) is 12.2. The van der Waals surface area contributed by atoms with Gasteiger partial charge in [0.25, 0.3) is 0 Å². The fourth-order valence-electron chi connectivity index (χ4n) is 3.02. The smallest absolute Gasteiger partial charge is 0.242 e. The first kappa shape index (κ1) is 16.1. The summed E-state index contributed by atoms with van der Waals surface area (Å²) in [5.74, 6) is 0.317. The predicted octanol–water partition coefficient (Wildman–Crippen LogP) is 3.68. The van der Waals surface area contributed by atoms with E-state index >= 15 is 0 Å². The Morgan fingerprint density at radius 3 is 2.20 bits per heavy atom. The van der Waals surface area contributed by atoms with Crippen molar-refractivity contribution in [3.63, 3.8) is 0 Å². The van der Waals surface area contributed by atoms with Crippen LogP contribution < -0.4 is 10.6 Å². The zero-order valence-electron chi connectivity index (χ0n) is 13.4. The summed E-state index contributed by atoms with van der Waals surface area (Å²) in [4.78, 5) is 14.9. The van der Waals surface area contributed by atoms with Gasteiger partial charge in [-0.05, 0) is 36.1 Å². The number of carbonyl (C=O) groups excluding carboxylic acids is 1. The number of aryl methyl sites for hydroxylation is 2. The summed E-state index contributed by atoms with van der Waals surface area (Å²) in [6.45, 7) is 0. The fraction of sp³-hybridized carbons (Fsp3) is 0.167. The van der Waals surface area contributed by atoms with Crippen LogP contribution in [0.25, 0.3) is 0 Å². The van der Waals surface area contributed by atoms with Crippen LogP contribution in [0.1, 0.15) is 11.1 Å². The standard InChI is InChI=1S/C18H16N4OS2/c19-17-20-21-18(25-17)24-11-16(23)22-14-7-3-1-5-12(14)9-10-13-6-2-4-8-15(13)22/h1-8H,9-11H2,(H2,19,20). The predicted molar refractivity (Wildman–Crippen MR) is 102 cm³/mol. The van der Waals surface area contributed by atoms with Crippen LogP contribution >= 0.6 is 23.1 Å². The minimum absolute atomic E-state index is 0.0283. The molecule has 0 radical (unpaired) electrons. The van der Waals surface area contributed by atoms with E-state index in [1.54, 1.807) is 0 Å². The second kappa shape index (κ2) is 6.85. The molecule has 1 aromatic heterocycles. The highest BCUT2D eigenvalue weighted by molar-refractivity contribution is 8.01.